The first-order valence-corrected chi connectivity index (χ1v) is 13.3. The van der Waals surface area contributed by atoms with Crippen molar-refractivity contribution in [1.82, 2.24) is 34.6 Å². The molecule has 5 heterocycles. The van der Waals surface area contributed by atoms with E-state index in [4.69, 9.17) is 0 Å². The van der Waals surface area contributed by atoms with E-state index < -0.39 is 0 Å². The van der Waals surface area contributed by atoms with Crippen LogP contribution in [0.15, 0.2) is 60.9 Å². The van der Waals surface area contributed by atoms with Crippen molar-refractivity contribution in [1.29, 1.82) is 0 Å². The fourth-order valence-electron chi connectivity index (χ4n) is 5.27. The van der Waals surface area contributed by atoms with E-state index in [-0.39, 0.29) is 11.8 Å². The van der Waals surface area contributed by atoms with Gasteiger partial charge in [0.05, 0.1) is 17.9 Å². The standard InChI is InChI=1S/C29H31N7O2/c37-28(35-11-3-4-12-35)20-34-13-15-36(16-14-34)29(38)26-19-22-17-21(6-7-23(22)32-26)18-27-31-10-8-25(33-27)24-5-1-2-9-30-24/h1-2,5-10,17,19,32H,3-4,11-16,18,20H2. The Balaban J connectivity index is 1.09. The predicted octanol–water partition coefficient (Wildman–Crippen LogP) is 2.99. The second-order valence-electron chi connectivity index (χ2n) is 10.0. The molecule has 3 aromatic heterocycles. The van der Waals surface area contributed by atoms with Crippen molar-refractivity contribution in [2.24, 2.45) is 0 Å². The lowest BCUT2D eigenvalue weighted by atomic mass is 10.1. The fraction of sp³-hybridized carbons (Fsp3) is 0.345. The number of piperazine rings is 1. The minimum absolute atomic E-state index is 0.000310. The van der Waals surface area contributed by atoms with Gasteiger partial charge in [-0.05, 0) is 54.8 Å². The third kappa shape index (κ3) is 5.28. The highest BCUT2D eigenvalue weighted by atomic mass is 16.2. The van der Waals surface area contributed by atoms with E-state index in [9.17, 15) is 9.59 Å². The highest BCUT2D eigenvalue weighted by Crippen LogP contribution is 2.21. The topological polar surface area (TPSA) is 98.3 Å². The maximum atomic E-state index is 13.2. The zero-order valence-corrected chi connectivity index (χ0v) is 21.3. The minimum Gasteiger partial charge on any atom is -0.351 e. The number of hydrogen-bond acceptors (Lipinski definition) is 6. The highest BCUT2D eigenvalue weighted by Gasteiger charge is 2.26. The van der Waals surface area contributed by atoms with Gasteiger partial charge in [0.15, 0.2) is 0 Å². The van der Waals surface area contributed by atoms with Crippen LogP contribution in [0, 0.1) is 0 Å². The summed E-state index contributed by atoms with van der Waals surface area (Å²) in [4.78, 5) is 48.5. The number of fused-ring (bicyclic) bond motifs is 1. The first kappa shape index (κ1) is 24.2. The molecule has 0 spiro atoms. The number of carbonyl (C=O) groups is 2. The molecular weight excluding hydrogens is 478 g/mol. The van der Waals surface area contributed by atoms with Crippen LogP contribution in [0.4, 0.5) is 0 Å². The van der Waals surface area contributed by atoms with Crippen LogP contribution < -0.4 is 0 Å². The Kier molecular flexibility index (Phi) is 6.83. The number of nitrogens with zero attached hydrogens (tertiary/aromatic N) is 6. The third-order valence-electron chi connectivity index (χ3n) is 7.39. The van der Waals surface area contributed by atoms with Crippen LogP contribution in [-0.4, -0.2) is 92.3 Å². The summed E-state index contributed by atoms with van der Waals surface area (Å²) in [5.74, 6) is 0.933. The first-order valence-electron chi connectivity index (χ1n) is 13.3. The molecule has 0 unspecified atom stereocenters. The Morgan fingerprint density at radius 2 is 1.66 bits per heavy atom. The lowest BCUT2D eigenvalue weighted by Gasteiger charge is -2.34. The molecule has 38 heavy (non-hydrogen) atoms. The molecular formula is C29H31N7O2. The van der Waals surface area contributed by atoms with E-state index in [0.717, 1.165) is 59.6 Å². The lowest BCUT2D eigenvalue weighted by Crippen LogP contribution is -2.51. The molecule has 2 aliphatic rings. The number of benzene rings is 1. The van der Waals surface area contributed by atoms with Gasteiger partial charge in [-0.15, -0.1) is 0 Å². The number of aromatic amines is 1. The Bertz CT molecular complexity index is 1440. The van der Waals surface area contributed by atoms with Crippen LogP contribution in [-0.2, 0) is 11.2 Å². The van der Waals surface area contributed by atoms with Crippen molar-refractivity contribution in [2.45, 2.75) is 19.3 Å². The molecule has 0 atom stereocenters. The molecule has 0 aliphatic carbocycles. The molecule has 2 aliphatic heterocycles. The van der Waals surface area contributed by atoms with Crippen LogP contribution in [0.2, 0.25) is 0 Å². The molecule has 0 radical (unpaired) electrons. The first-order chi connectivity index (χ1) is 18.6. The smallest absolute Gasteiger partial charge is 0.270 e. The molecule has 4 aromatic rings. The van der Waals surface area contributed by atoms with E-state index in [1.807, 2.05) is 52.3 Å². The molecule has 0 bridgehead atoms. The number of likely N-dealkylation sites (tertiary alicyclic amines) is 1. The number of rotatable bonds is 6. The summed E-state index contributed by atoms with van der Waals surface area (Å²) in [6.45, 7) is 4.88. The largest absolute Gasteiger partial charge is 0.351 e. The van der Waals surface area contributed by atoms with Gasteiger partial charge in [0.1, 0.15) is 11.5 Å². The van der Waals surface area contributed by atoms with Gasteiger partial charge in [0.25, 0.3) is 5.91 Å². The number of nitrogens with one attached hydrogen (secondary N) is 1. The van der Waals surface area contributed by atoms with Gasteiger partial charge in [-0.25, -0.2) is 9.97 Å². The Morgan fingerprint density at radius 1 is 0.816 bits per heavy atom. The van der Waals surface area contributed by atoms with E-state index in [0.29, 0.717) is 44.8 Å². The number of H-pyrrole nitrogens is 1. The van der Waals surface area contributed by atoms with Gasteiger partial charge in [-0.2, -0.15) is 0 Å². The predicted molar refractivity (Wildman–Crippen MR) is 145 cm³/mol. The summed E-state index contributed by atoms with van der Waals surface area (Å²) >= 11 is 0. The summed E-state index contributed by atoms with van der Waals surface area (Å²) in [7, 11) is 0. The van der Waals surface area contributed by atoms with Crippen LogP contribution in [0.25, 0.3) is 22.3 Å². The van der Waals surface area contributed by atoms with Crippen molar-refractivity contribution in [3.8, 4) is 11.4 Å². The van der Waals surface area contributed by atoms with Crippen molar-refractivity contribution < 1.29 is 9.59 Å². The molecule has 9 heteroatoms. The van der Waals surface area contributed by atoms with Crippen molar-refractivity contribution in [2.75, 3.05) is 45.8 Å². The summed E-state index contributed by atoms with van der Waals surface area (Å²) < 4.78 is 0. The molecule has 6 rings (SSSR count). The van der Waals surface area contributed by atoms with Gasteiger partial charge in [0, 0.05) is 69.0 Å². The monoisotopic (exact) mass is 509 g/mol. The van der Waals surface area contributed by atoms with Crippen LogP contribution in [0.5, 0.6) is 0 Å². The van der Waals surface area contributed by atoms with Crippen LogP contribution in [0.1, 0.15) is 34.7 Å². The van der Waals surface area contributed by atoms with Crippen LogP contribution in [0.3, 0.4) is 0 Å². The molecule has 1 N–H and O–H groups in total. The molecule has 2 fully saturated rings. The number of pyridine rings is 1. The van der Waals surface area contributed by atoms with Crippen molar-refractivity contribution in [3.63, 3.8) is 0 Å². The molecule has 194 valence electrons. The molecule has 0 saturated carbocycles. The van der Waals surface area contributed by atoms with Gasteiger partial charge < -0.3 is 14.8 Å². The summed E-state index contributed by atoms with van der Waals surface area (Å²) in [5, 5.41) is 0.988. The molecule has 9 nitrogen and oxygen atoms in total. The third-order valence-corrected chi connectivity index (χ3v) is 7.39. The lowest BCUT2D eigenvalue weighted by molar-refractivity contribution is -0.131. The van der Waals surface area contributed by atoms with E-state index in [2.05, 4.69) is 30.9 Å². The zero-order chi connectivity index (χ0) is 25.9. The van der Waals surface area contributed by atoms with Gasteiger partial charge >= 0.3 is 0 Å². The highest BCUT2D eigenvalue weighted by molar-refractivity contribution is 5.98. The fourth-order valence-corrected chi connectivity index (χ4v) is 5.27. The van der Waals surface area contributed by atoms with E-state index >= 15 is 0 Å². The second-order valence-corrected chi connectivity index (χ2v) is 10.0. The second kappa shape index (κ2) is 10.7. The summed E-state index contributed by atoms with van der Waals surface area (Å²) in [5.41, 5.74) is 4.21. The Hall–Kier alpha value is -4.11. The van der Waals surface area contributed by atoms with E-state index in [1.165, 1.54) is 0 Å². The SMILES string of the molecule is O=C(CN1CCN(C(=O)c2cc3cc(Cc4nccc(-c5ccccn5)n4)ccc3[nH]2)CC1)N1CCCC1. The van der Waals surface area contributed by atoms with Gasteiger partial charge in [-0.3, -0.25) is 19.5 Å². The zero-order valence-electron chi connectivity index (χ0n) is 21.3. The van der Waals surface area contributed by atoms with Crippen LogP contribution >= 0.6 is 0 Å². The Labute approximate surface area is 221 Å². The van der Waals surface area contributed by atoms with Gasteiger partial charge in [0.2, 0.25) is 5.91 Å². The van der Waals surface area contributed by atoms with E-state index in [1.54, 1.807) is 12.4 Å². The maximum Gasteiger partial charge on any atom is 0.270 e. The average Bonchev–Trinajstić information content (AvgIpc) is 3.64. The quantitative estimate of drug-likeness (QED) is 0.429. The van der Waals surface area contributed by atoms with Crippen molar-refractivity contribution >= 4 is 22.7 Å². The summed E-state index contributed by atoms with van der Waals surface area (Å²) in [6.07, 6.45) is 6.31. The molecule has 2 amide bonds. The minimum atomic E-state index is -0.000310. The molecule has 1 aromatic carbocycles. The number of carbonyl (C=O) groups excluding carboxylic acids is 2. The number of hydrogen-bond donors (Lipinski definition) is 1. The number of aromatic nitrogens is 4. The average molecular weight is 510 g/mol. The Morgan fingerprint density at radius 3 is 2.45 bits per heavy atom. The number of amides is 2. The molecule has 2 saturated heterocycles. The maximum absolute atomic E-state index is 13.2. The summed E-state index contributed by atoms with van der Waals surface area (Å²) in [6, 6.07) is 15.7. The normalized spacial score (nSPS) is 16.3. The van der Waals surface area contributed by atoms with Gasteiger partial charge in [-0.1, -0.05) is 12.1 Å². The van der Waals surface area contributed by atoms with Crippen molar-refractivity contribution in [3.05, 3.63) is 78.0 Å².